The Labute approximate surface area is 121 Å². The third-order valence-electron chi connectivity index (χ3n) is 4.34. The van der Waals surface area contributed by atoms with Gasteiger partial charge in [0.1, 0.15) is 0 Å². The van der Waals surface area contributed by atoms with Crippen molar-refractivity contribution in [2.45, 2.75) is 58.4 Å². The van der Waals surface area contributed by atoms with Gasteiger partial charge in [0.2, 0.25) is 0 Å². The molecule has 0 saturated heterocycles. The van der Waals surface area contributed by atoms with E-state index in [0.29, 0.717) is 19.1 Å². The molecule has 1 saturated carbocycles. The van der Waals surface area contributed by atoms with Crippen LogP contribution in [-0.2, 0) is 0 Å². The topological polar surface area (TPSA) is 60.1 Å². The molecule has 0 unspecified atom stereocenters. The lowest BCUT2D eigenvalue weighted by molar-refractivity contribution is 0.0952. The van der Waals surface area contributed by atoms with Crippen molar-refractivity contribution in [2.75, 3.05) is 13.1 Å². The number of rotatable bonds is 5. The molecule has 1 aliphatic carbocycles. The highest BCUT2D eigenvalue weighted by Gasteiger charge is 2.22. The van der Waals surface area contributed by atoms with Gasteiger partial charge in [0.15, 0.2) is 0 Å². The first-order chi connectivity index (χ1) is 9.65. The molecule has 0 radical (unpaired) electrons. The largest absolute Gasteiger partial charge is 0.352 e. The van der Waals surface area contributed by atoms with E-state index in [1.165, 1.54) is 37.8 Å². The van der Waals surface area contributed by atoms with Crippen LogP contribution in [0.4, 0.5) is 0 Å². The van der Waals surface area contributed by atoms with Crippen LogP contribution in [0.25, 0.3) is 0 Å². The molecule has 1 aromatic rings. The molecule has 3 N–H and O–H groups in total. The number of nitrogens with two attached hydrogens (primary N) is 1. The van der Waals surface area contributed by atoms with Gasteiger partial charge in [0.05, 0.1) is 5.56 Å². The Morgan fingerprint density at radius 1 is 1.35 bits per heavy atom. The summed E-state index contributed by atoms with van der Waals surface area (Å²) in [6, 6.07) is 2.61. The number of carbonyl (C=O) groups is 1. The number of amides is 1. The summed E-state index contributed by atoms with van der Waals surface area (Å²) in [6.07, 6.45) is 7.27. The van der Waals surface area contributed by atoms with Gasteiger partial charge in [-0.05, 0) is 45.7 Å². The van der Waals surface area contributed by atoms with Gasteiger partial charge in [0.25, 0.3) is 5.91 Å². The van der Waals surface area contributed by atoms with Crippen molar-refractivity contribution in [1.29, 1.82) is 0 Å². The zero-order valence-corrected chi connectivity index (χ0v) is 12.7. The van der Waals surface area contributed by atoms with E-state index in [1.807, 2.05) is 6.07 Å². The van der Waals surface area contributed by atoms with Crippen LogP contribution >= 0.6 is 0 Å². The first-order valence-corrected chi connectivity index (χ1v) is 7.82. The smallest absolute Gasteiger partial charge is 0.253 e. The lowest BCUT2D eigenvalue weighted by Crippen LogP contribution is -2.26. The maximum Gasteiger partial charge on any atom is 0.253 e. The van der Waals surface area contributed by atoms with Crippen molar-refractivity contribution in [3.63, 3.8) is 0 Å². The van der Waals surface area contributed by atoms with Crippen molar-refractivity contribution in [1.82, 2.24) is 9.88 Å². The number of carbonyl (C=O) groups excluding carboxylic acids is 1. The minimum absolute atomic E-state index is 0.0357. The number of aryl methyl sites for hydroxylation is 1. The van der Waals surface area contributed by atoms with E-state index < -0.39 is 0 Å². The molecule has 0 atom stereocenters. The number of hydrogen-bond acceptors (Lipinski definition) is 2. The highest BCUT2D eigenvalue weighted by atomic mass is 16.1. The molecule has 4 nitrogen and oxygen atoms in total. The number of aromatic nitrogens is 1. The summed E-state index contributed by atoms with van der Waals surface area (Å²) in [5.41, 5.74) is 8.60. The zero-order valence-electron chi connectivity index (χ0n) is 12.7. The minimum atomic E-state index is 0.0357. The summed E-state index contributed by atoms with van der Waals surface area (Å²) in [6.45, 7) is 5.45. The Bertz CT molecular complexity index is 459. The Morgan fingerprint density at radius 2 is 2.05 bits per heavy atom. The fraction of sp³-hybridized carbons (Fsp3) is 0.688. The normalized spacial score (nSPS) is 16.4. The van der Waals surface area contributed by atoms with E-state index in [4.69, 9.17) is 5.73 Å². The lowest BCUT2D eigenvalue weighted by Gasteiger charge is -2.26. The van der Waals surface area contributed by atoms with Crippen molar-refractivity contribution in [3.05, 3.63) is 23.0 Å². The van der Waals surface area contributed by atoms with Crippen LogP contribution in [0, 0.1) is 13.8 Å². The molecular formula is C16H27N3O. The predicted molar refractivity (Wildman–Crippen MR) is 82.0 cm³/mol. The van der Waals surface area contributed by atoms with Gasteiger partial charge in [0, 0.05) is 24.0 Å². The van der Waals surface area contributed by atoms with Gasteiger partial charge >= 0.3 is 0 Å². The van der Waals surface area contributed by atoms with Crippen molar-refractivity contribution in [2.24, 2.45) is 5.73 Å². The maximum atomic E-state index is 12.2. The molecule has 4 heteroatoms. The monoisotopic (exact) mass is 277 g/mol. The van der Waals surface area contributed by atoms with E-state index >= 15 is 0 Å². The van der Waals surface area contributed by atoms with Crippen LogP contribution in [-0.4, -0.2) is 23.6 Å². The fourth-order valence-corrected chi connectivity index (χ4v) is 3.31. The third kappa shape index (κ3) is 3.23. The molecule has 1 fully saturated rings. The van der Waals surface area contributed by atoms with E-state index in [1.54, 1.807) is 0 Å². The molecule has 0 aliphatic heterocycles. The molecule has 0 bridgehead atoms. The summed E-state index contributed by atoms with van der Waals surface area (Å²) < 4.78 is 2.37. The first-order valence-electron chi connectivity index (χ1n) is 7.82. The molecule has 20 heavy (non-hydrogen) atoms. The summed E-state index contributed by atoms with van der Waals surface area (Å²) >= 11 is 0. The molecule has 1 heterocycles. The van der Waals surface area contributed by atoms with Crippen molar-refractivity contribution >= 4 is 5.91 Å². The van der Waals surface area contributed by atoms with Crippen LogP contribution in [0.5, 0.6) is 0 Å². The summed E-state index contributed by atoms with van der Waals surface area (Å²) in [4.78, 5) is 12.2. The molecule has 0 aromatic carbocycles. The summed E-state index contributed by atoms with van der Waals surface area (Å²) in [7, 11) is 0. The van der Waals surface area contributed by atoms with Gasteiger partial charge in [-0.1, -0.05) is 19.3 Å². The van der Waals surface area contributed by atoms with Gasteiger partial charge < -0.3 is 15.6 Å². The third-order valence-corrected chi connectivity index (χ3v) is 4.34. The van der Waals surface area contributed by atoms with E-state index in [2.05, 4.69) is 23.7 Å². The zero-order chi connectivity index (χ0) is 14.5. The Morgan fingerprint density at radius 3 is 2.70 bits per heavy atom. The average Bonchev–Trinajstić information content (AvgIpc) is 2.75. The van der Waals surface area contributed by atoms with Crippen LogP contribution in [0.2, 0.25) is 0 Å². The summed E-state index contributed by atoms with van der Waals surface area (Å²) in [5, 5.41) is 2.95. The molecule has 2 rings (SSSR count). The quantitative estimate of drug-likeness (QED) is 0.813. The van der Waals surface area contributed by atoms with E-state index in [0.717, 1.165) is 17.7 Å². The van der Waals surface area contributed by atoms with Crippen LogP contribution in [0.3, 0.4) is 0 Å². The van der Waals surface area contributed by atoms with Crippen molar-refractivity contribution < 1.29 is 4.79 Å². The van der Waals surface area contributed by atoms with Crippen LogP contribution in [0.1, 0.15) is 66.3 Å². The van der Waals surface area contributed by atoms with Gasteiger partial charge in [-0.15, -0.1) is 0 Å². The van der Waals surface area contributed by atoms with Crippen molar-refractivity contribution in [3.8, 4) is 0 Å². The average molecular weight is 277 g/mol. The SMILES string of the molecule is Cc1cc(C(=O)NCCCN)c(C)n1C1CCCCC1. The highest BCUT2D eigenvalue weighted by Crippen LogP contribution is 2.32. The fourth-order valence-electron chi connectivity index (χ4n) is 3.31. The second-order valence-corrected chi connectivity index (χ2v) is 5.84. The summed E-state index contributed by atoms with van der Waals surface area (Å²) in [5.74, 6) is 0.0357. The second-order valence-electron chi connectivity index (χ2n) is 5.84. The number of nitrogens with one attached hydrogen (secondary N) is 1. The van der Waals surface area contributed by atoms with Crippen LogP contribution < -0.4 is 11.1 Å². The van der Waals surface area contributed by atoms with Crippen LogP contribution in [0.15, 0.2) is 6.07 Å². The highest BCUT2D eigenvalue weighted by molar-refractivity contribution is 5.95. The molecule has 1 amide bonds. The van der Waals surface area contributed by atoms with E-state index in [-0.39, 0.29) is 5.91 Å². The van der Waals surface area contributed by atoms with Gasteiger partial charge in [-0.2, -0.15) is 0 Å². The molecule has 1 aromatic heterocycles. The Kier molecular flexibility index (Phi) is 5.24. The Hall–Kier alpha value is -1.29. The number of hydrogen-bond donors (Lipinski definition) is 2. The molecule has 0 spiro atoms. The maximum absolute atomic E-state index is 12.2. The molecule has 112 valence electrons. The minimum Gasteiger partial charge on any atom is -0.352 e. The van der Waals surface area contributed by atoms with Gasteiger partial charge in [-0.3, -0.25) is 4.79 Å². The molecular weight excluding hydrogens is 250 g/mol. The molecule has 1 aliphatic rings. The second kappa shape index (κ2) is 6.93. The predicted octanol–water partition coefficient (Wildman–Crippen LogP) is 2.69. The standard InChI is InChI=1S/C16H27N3O/c1-12-11-15(16(20)18-10-6-9-17)13(2)19(12)14-7-4-3-5-8-14/h11,14H,3-10,17H2,1-2H3,(H,18,20). The Balaban J connectivity index is 2.13. The number of nitrogens with zero attached hydrogens (tertiary/aromatic N) is 1. The van der Waals surface area contributed by atoms with Gasteiger partial charge in [-0.25, -0.2) is 0 Å². The first kappa shape index (κ1) is 15.1. The van der Waals surface area contributed by atoms with E-state index in [9.17, 15) is 4.79 Å². The lowest BCUT2D eigenvalue weighted by atomic mass is 9.95.